The Hall–Kier alpha value is -2.66. The number of rotatable bonds is 8. The van der Waals surface area contributed by atoms with Crippen LogP contribution in [-0.4, -0.2) is 44.0 Å². The van der Waals surface area contributed by atoms with E-state index >= 15 is 0 Å². The summed E-state index contributed by atoms with van der Waals surface area (Å²) in [6.45, 7) is 0. The summed E-state index contributed by atoms with van der Waals surface area (Å²) in [6, 6.07) is 4.73. The van der Waals surface area contributed by atoms with Gasteiger partial charge in [-0.2, -0.15) is 9.97 Å². The number of halogens is 3. The van der Waals surface area contributed by atoms with Gasteiger partial charge in [-0.1, -0.05) is 11.6 Å². The number of nitrogens with one attached hydrogen (secondary N) is 2. The van der Waals surface area contributed by atoms with Crippen LogP contribution in [-0.2, 0) is 16.4 Å². The number of aromatic nitrogens is 3. The second kappa shape index (κ2) is 8.37. The van der Waals surface area contributed by atoms with E-state index in [9.17, 15) is 17.2 Å². The first-order chi connectivity index (χ1) is 13.7. The van der Waals surface area contributed by atoms with E-state index in [-0.39, 0.29) is 34.6 Å². The van der Waals surface area contributed by atoms with Gasteiger partial charge in [0, 0.05) is 28.5 Å². The van der Waals surface area contributed by atoms with Crippen LogP contribution in [0.25, 0.3) is 10.9 Å². The first kappa shape index (κ1) is 21.1. The SMILES string of the molecule is COc1nc(NS(=O)(=O)c2c[nH]c3cc(Cl)ccc23)nc(OC)c1CCC(F)F. The maximum absolute atomic E-state index is 12.8. The number of aromatic amines is 1. The van der Waals surface area contributed by atoms with Crippen molar-refractivity contribution in [2.75, 3.05) is 18.9 Å². The molecule has 0 spiro atoms. The van der Waals surface area contributed by atoms with E-state index in [2.05, 4.69) is 19.7 Å². The predicted molar refractivity (Wildman–Crippen MR) is 104 cm³/mol. The van der Waals surface area contributed by atoms with Gasteiger partial charge in [0.1, 0.15) is 4.90 Å². The number of anilines is 1. The average molecular weight is 447 g/mol. The smallest absolute Gasteiger partial charge is 0.266 e. The van der Waals surface area contributed by atoms with Gasteiger partial charge in [-0.05, 0) is 24.6 Å². The summed E-state index contributed by atoms with van der Waals surface area (Å²) < 4.78 is 63.3. The normalized spacial score (nSPS) is 11.8. The van der Waals surface area contributed by atoms with Crippen LogP contribution < -0.4 is 14.2 Å². The van der Waals surface area contributed by atoms with Crippen molar-refractivity contribution in [2.24, 2.45) is 0 Å². The highest BCUT2D eigenvalue weighted by Gasteiger charge is 2.23. The second-order valence-corrected chi connectivity index (χ2v) is 8.01. The Morgan fingerprint density at radius 2 is 1.86 bits per heavy atom. The monoisotopic (exact) mass is 446 g/mol. The second-order valence-electron chi connectivity index (χ2n) is 5.92. The summed E-state index contributed by atoms with van der Waals surface area (Å²) in [5.74, 6) is -0.426. The molecule has 0 aliphatic rings. The fourth-order valence-electron chi connectivity index (χ4n) is 2.76. The molecular formula is C17H17ClF2N4O4S. The van der Waals surface area contributed by atoms with E-state index in [0.29, 0.717) is 15.9 Å². The fraction of sp³-hybridized carbons (Fsp3) is 0.294. The maximum atomic E-state index is 12.8. The number of nitrogens with zero attached hydrogens (tertiary/aromatic N) is 2. The topological polar surface area (TPSA) is 106 Å². The van der Waals surface area contributed by atoms with Crippen molar-refractivity contribution in [3.8, 4) is 11.8 Å². The molecule has 8 nitrogen and oxygen atoms in total. The zero-order chi connectivity index (χ0) is 21.2. The van der Waals surface area contributed by atoms with Gasteiger partial charge < -0.3 is 14.5 Å². The average Bonchev–Trinajstić information content (AvgIpc) is 3.09. The van der Waals surface area contributed by atoms with Crippen molar-refractivity contribution >= 4 is 38.5 Å². The van der Waals surface area contributed by atoms with Crippen LogP contribution in [0.15, 0.2) is 29.3 Å². The predicted octanol–water partition coefficient (Wildman–Crippen LogP) is 3.63. The van der Waals surface area contributed by atoms with Crippen LogP contribution in [0.3, 0.4) is 0 Å². The van der Waals surface area contributed by atoms with Gasteiger partial charge in [-0.3, -0.25) is 0 Å². The molecule has 12 heteroatoms. The molecule has 3 rings (SSSR count). The molecule has 0 amide bonds. The van der Waals surface area contributed by atoms with E-state index < -0.39 is 22.9 Å². The van der Waals surface area contributed by atoms with Crippen molar-refractivity contribution in [2.45, 2.75) is 24.2 Å². The van der Waals surface area contributed by atoms with Gasteiger partial charge in [0.05, 0.1) is 19.8 Å². The van der Waals surface area contributed by atoms with E-state index in [1.165, 1.54) is 20.4 Å². The number of H-pyrrole nitrogens is 1. The minimum Gasteiger partial charge on any atom is -0.481 e. The number of benzene rings is 1. The minimum absolute atomic E-state index is 0.0347. The zero-order valence-electron chi connectivity index (χ0n) is 15.4. The third kappa shape index (κ3) is 4.51. The number of fused-ring (bicyclic) bond motifs is 1. The molecule has 0 saturated carbocycles. The van der Waals surface area contributed by atoms with Crippen LogP contribution in [0.2, 0.25) is 5.02 Å². The third-order valence-electron chi connectivity index (χ3n) is 4.05. The van der Waals surface area contributed by atoms with E-state index in [4.69, 9.17) is 21.1 Å². The Labute approximate surface area is 170 Å². The third-order valence-corrected chi connectivity index (χ3v) is 5.65. The summed E-state index contributed by atoms with van der Waals surface area (Å²) in [5.41, 5.74) is 0.760. The molecule has 3 aromatic rings. The zero-order valence-corrected chi connectivity index (χ0v) is 16.9. The van der Waals surface area contributed by atoms with Crippen LogP contribution in [0, 0.1) is 0 Å². The van der Waals surface area contributed by atoms with Crippen LogP contribution in [0.1, 0.15) is 12.0 Å². The van der Waals surface area contributed by atoms with Crippen LogP contribution >= 0.6 is 11.6 Å². The molecule has 0 atom stereocenters. The van der Waals surface area contributed by atoms with E-state index in [1.54, 1.807) is 18.2 Å². The summed E-state index contributed by atoms with van der Waals surface area (Å²) in [5, 5.41) is 0.878. The maximum Gasteiger partial charge on any atom is 0.266 e. The van der Waals surface area contributed by atoms with Crippen LogP contribution in [0.4, 0.5) is 14.7 Å². The highest BCUT2D eigenvalue weighted by Crippen LogP contribution is 2.31. The molecular weight excluding hydrogens is 430 g/mol. The molecule has 1 aromatic carbocycles. The first-order valence-corrected chi connectivity index (χ1v) is 10.2. The molecule has 2 aromatic heterocycles. The quantitative estimate of drug-likeness (QED) is 0.547. The molecule has 0 bridgehead atoms. The van der Waals surface area contributed by atoms with E-state index in [0.717, 1.165) is 0 Å². The van der Waals surface area contributed by atoms with Gasteiger partial charge in [-0.15, -0.1) is 0 Å². The van der Waals surface area contributed by atoms with Gasteiger partial charge in [0.25, 0.3) is 10.0 Å². The summed E-state index contributed by atoms with van der Waals surface area (Å²) in [7, 11) is -1.50. The molecule has 0 fully saturated rings. The highest BCUT2D eigenvalue weighted by molar-refractivity contribution is 7.93. The Morgan fingerprint density at radius 3 is 2.45 bits per heavy atom. The lowest BCUT2D eigenvalue weighted by Gasteiger charge is -2.14. The molecule has 2 N–H and O–H groups in total. The van der Waals surface area contributed by atoms with Crippen molar-refractivity contribution in [1.29, 1.82) is 0 Å². The Balaban J connectivity index is 1.97. The van der Waals surface area contributed by atoms with Crippen molar-refractivity contribution in [3.05, 3.63) is 35.0 Å². The molecule has 0 saturated heterocycles. The fourth-order valence-corrected chi connectivity index (χ4v) is 4.06. The van der Waals surface area contributed by atoms with Crippen molar-refractivity contribution < 1.29 is 26.7 Å². The van der Waals surface area contributed by atoms with Crippen molar-refractivity contribution in [3.63, 3.8) is 0 Å². The summed E-state index contributed by atoms with van der Waals surface area (Å²) in [4.78, 5) is 10.8. The largest absolute Gasteiger partial charge is 0.481 e. The molecule has 0 radical (unpaired) electrons. The number of alkyl halides is 2. The Bertz CT molecular complexity index is 1110. The van der Waals surface area contributed by atoms with Crippen LogP contribution in [0.5, 0.6) is 11.8 Å². The minimum atomic E-state index is -4.08. The summed E-state index contributed by atoms with van der Waals surface area (Å²) in [6.07, 6.45) is -1.76. The van der Waals surface area contributed by atoms with E-state index in [1.807, 2.05) is 0 Å². The first-order valence-electron chi connectivity index (χ1n) is 8.31. The molecule has 156 valence electrons. The standard InChI is InChI=1S/C17H17ClF2N4O4S/c1-27-15-11(5-6-14(19)20)16(28-2)23-17(22-15)24-29(25,26)13-8-21-12-7-9(18)3-4-10(12)13/h3-4,7-8,14,21H,5-6H2,1-2H3,(H,22,23,24). The lowest BCUT2D eigenvalue weighted by atomic mass is 10.2. The molecule has 0 aliphatic heterocycles. The molecule has 29 heavy (non-hydrogen) atoms. The van der Waals surface area contributed by atoms with Gasteiger partial charge in [-0.25, -0.2) is 21.9 Å². The van der Waals surface area contributed by atoms with Crippen molar-refractivity contribution in [1.82, 2.24) is 15.0 Å². The number of hydrogen-bond acceptors (Lipinski definition) is 6. The molecule has 0 aliphatic carbocycles. The highest BCUT2D eigenvalue weighted by atomic mass is 35.5. The summed E-state index contributed by atoms with van der Waals surface area (Å²) >= 11 is 5.92. The lowest BCUT2D eigenvalue weighted by molar-refractivity contribution is 0.137. The number of sulfonamides is 1. The Kier molecular flexibility index (Phi) is 6.08. The number of hydrogen-bond donors (Lipinski definition) is 2. The number of ether oxygens (including phenoxy) is 2. The molecule has 2 heterocycles. The van der Waals surface area contributed by atoms with Gasteiger partial charge in [0.2, 0.25) is 24.1 Å². The lowest BCUT2D eigenvalue weighted by Crippen LogP contribution is -2.16. The number of methoxy groups -OCH3 is 2. The molecule has 0 unspecified atom stereocenters. The van der Waals surface area contributed by atoms with Gasteiger partial charge >= 0.3 is 0 Å². The Morgan fingerprint density at radius 1 is 1.21 bits per heavy atom. The van der Waals surface area contributed by atoms with Gasteiger partial charge in [0.15, 0.2) is 0 Å².